The second-order valence-corrected chi connectivity index (χ2v) is 7.38. The zero-order valence-corrected chi connectivity index (χ0v) is 17.6. The lowest BCUT2D eigenvalue weighted by atomic mass is 10.1. The zero-order chi connectivity index (χ0) is 21.8. The molecule has 3 unspecified atom stereocenters. The van der Waals surface area contributed by atoms with Crippen LogP contribution in [0.4, 0.5) is 0 Å². The van der Waals surface area contributed by atoms with Gasteiger partial charge >= 0.3 is 5.97 Å². The minimum atomic E-state index is -1.16. The van der Waals surface area contributed by atoms with Crippen LogP contribution in [0.2, 0.25) is 0 Å². The first-order chi connectivity index (χ1) is 13.8. The van der Waals surface area contributed by atoms with Crippen molar-refractivity contribution in [2.75, 3.05) is 24.3 Å². The van der Waals surface area contributed by atoms with Gasteiger partial charge in [0.15, 0.2) is 0 Å². The minimum absolute atomic E-state index is 0.0615. The second-order valence-electron chi connectivity index (χ2n) is 6.03. The van der Waals surface area contributed by atoms with Gasteiger partial charge in [0.25, 0.3) is 0 Å². The molecule has 0 saturated carbocycles. The van der Waals surface area contributed by atoms with Gasteiger partial charge in [0.1, 0.15) is 18.1 Å². The number of carboxylic acids is 1. The van der Waals surface area contributed by atoms with Gasteiger partial charge in [-0.05, 0) is 18.4 Å². The van der Waals surface area contributed by atoms with Gasteiger partial charge in [0, 0.05) is 24.1 Å². The number of aromatic amines is 1. The lowest BCUT2D eigenvalue weighted by Crippen LogP contribution is -2.57. The van der Waals surface area contributed by atoms with E-state index >= 15 is 0 Å². The van der Waals surface area contributed by atoms with Crippen molar-refractivity contribution in [3.63, 3.8) is 0 Å². The molecule has 1 aromatic heterocycles. The van der Waals surface area contributed by atoms with Gasteiger partial charge in [-0.15, -0.1) is 0 Å². The number of nitrogens with zero attached hydrogens (tertiary/aromatic N) is 1. The van der Waals surface area contributed by atoms with Gasteiger partial charge in [0.05, 0.1) is 12.9 Å². The zero-order valence-electron chi connectivity index (χ0n) is 15.9. The summed E-state index contributed by atoms with van der Waals surface area (Å²) in [7, 11) is 0. The van der Waals surface area contributed by atoms with Crippen LogP contribution in [0.5, 0.6) is 0 Å². The van der Waals surface area contributed by atoms with Crippen LogP contribution >= 0.6 is 24.4 Å². The van der Waals surface area contributed by atoms with E-state index in [4.69, 9.17) is 5.73 Å². The van der Waals surface area contributed by atoms with E-state index < -0.39 is 41.8 Å². The monoisotopic (exact) mass is 446 g/mol. The number of thioether (sulfide) groups is 1. The van der Waals surface area contributed by atoms with Crippen molar-refractivity contribution in [2.24, 2.45) is 5.73 Å². The molecule has 0 bridgehead atoms. The largest absolute Gasteiger partial charge is 0.480 e. The molecule has 0 saturated heterocycles. The summed E-state index contributed by atoms with van der Waals surface area (Å²) in [5, 5.41) is 16.6. The normalized spacial score (nSPS) is 13.8. The Kier molecular flexibility index (Phi) is 11.2. The Balaban J connectivity index is 2.80. The number of H-pyrrole nitrogens is 1. The highest BCUT2D eigenvalue weighted by Gasteiger charge is 2.29. The van der Waals surface area contributed by atoms with Crippen LogP contribution in [0.3, 0.4) is 0 Å². The Labute approximate surface area is 177 Å². The summed E-state index contributed by atoms with van der Waals surface area (Å²) in [6.45, 7) is -0.307. The van der Waals surface area contributed by atoms with E-state index in [9.17, 15) is 24.3 Å². The van der Waals surface area contributed by atoms with Crippen LogP contribution in [0.1, 0.15) is 12.1 Å². The summed E-state index contributed by atoms with van der Waals surface area (Å²) in [6.07, 6.45) is 5.10. The highest BCUT2D eigenvalue weighted by Crippen LogP contribution is 2.03. The molecule has 13 heteroatoms. The molecule has 0 aliphatic carbocycles. The number of hydrogen-bond acceptors (Lipinski definition) is 8. The summed E-state index contributed by atoms with van der Waals surface area (Å²) in [6, 6.07) is -3.17. The molecule has 7 N–H and O–H groups in total. The number of nitrogens with one attached hydrogen (secondary N) is 4. The number of hydrogen-bond donors (Lipinski definition) is 7. The molecular weight excluding hydrogens is 420 g/mol. The Morgan fingerprint density at radius 2 is 1.86 bits per heavy atom. The number of nitrogens with two attached hydrogens (primary N) is 1. The molecule has 1 aromatic rings. The van der Waals surface area contributed by atoms with Crippen molar-refractivity contribution in [3.8, 4) is 0 Å². The smallest absolute Gasteiger partial charge is 0.326 e. The topological polar surface area (TPSA) is 179 Å². The number of amides is 3. The molecule has 29 heavy (non-hydrogen) atoms. The third kappa shape index (κ3) is 8.75. The molecule has 3 amide bonds. The molecule has 0 aliphatic heterocycles. The van der Waals surface area contributed by atoms with Gasteiger partial charge in [-0.25, -0.2) is 9.78 Å². The maximum Gasteiger partial charge on any atom is 0.326 e. The SMILES string of the molecule is CSCCC(NC(=O)C(CS)NC(=O)C(Cc1cnc[nH]1)NC(=O)CN)C(=O)O. The second kappa shape index (κ2) is 13.1. The van der Waals surface area contributed by atoms with Crippen molar-refractivity contribution in [2.45, 2.75) is 31.0 Å². The average Bonchev–Trinajstić information content (AvgIpc) is 3.21. The average molecular weight is 447 g/mol. The molecule has 0 radical (unpaired) electrons. The van der Waals surface area contributed by atoms with Crippen LogP contribution in [-0.4, -0.2) is 81.2 Å². The minimum Gasteiger partial charge on any atom is -0.480 e. The summed E-state index contributed by atoms with van der Waals surface area (Å²) < 4.78 is 0. The number of carbonyl (C=O) groups is 4. The van der Waals surface area contributed by atoms with Gasteiger partial charge in [-0.2, -0.15) is 24.4 Å². The van der Waals surface area contributed by atoms with Crippen LogP contribution in [0.15, 0.2) is 12.5 Å². The lowest BCUT2D eigenvalue weighted by Gasteiger charge is -2.23. The molecule has 0 aliphatic rings. The molecule has 0 fully saturated rings. The van der Waals surface area contributed by atoms with Crippen molar-refractivity contribution < 1.29 is 24.3 Å². The number of carboxylic acid groups (broad SMARTS) is 1. The van der Waals surface area contributed by atoms with Gasteiger partial charge in [0.2, 0.25) is 17.7 Å². The third-order valence-electron chi connectivity index (χ3n) is 3.86. The van der Waals surface area contributed by atoms with Crippen LogP contribution in [0, 0.1) is 0 Å². The Hall–Kier alpha value is -2.25. The molecular formula is C16H26N6O5S2. The quantitative estimate of drug-likeness (QED) is 0.172. The molecule has 162 valence electrons. The number of imidazole rings is 1. The molecule has 11 nitrogen and oxygen atoms in total. The predicted molar refractivity (Wildman–Crippen MR) is 112 cm³/mol. The Bertz CT molecular complexity index is 687. The van der Waals surface area contributed by atoms with Gasteiger partial charge in [-0.3, -0.25) is 14.4 Å². The van der Waals surface area contributed by atoms with Crippen molar-refractivity contribution >= 4 is 48.1 Å². The Morgan fingerprint density at radius 3 is 2.38 bits per heavy atom. The third-order valence-corrected chi connectivity index (χ3v) is 4.87. The van der Waals surface area contributed by atoms with Crippen molar-refractivity contribution in [3.05, 3.63) is 18.2 Å². The van der Waals surface area contributed by atoms with E-state index in [0.29, 0.717) is 11.4 Å². The maximum absolute atomic E-state index is 12.7. The molecule has 1 heterocycles. The van der Waals surface area contributed by atoms with Gasteiger partial charge in [-0.1, -0.05) is 0 Å². The lowest BCUT2D eigenvalue weighted by molar-refractivity contribution is -0.142. The fraction of sp³-hybridized carbons (Fsp3) is 0.562. The van der Waals surface area contributed by atoms with Crippen LogP contribution < -0.4 is 21.7 Å². The van der Waals surface area contributed by atoms with Gasteiger partial charge < -0.3 is 31.8 Å². The number of aliphatic carboxylic acids is 1. The van der Waals surface area contributed by atoms with E-state index in [2.05, 4.69) is 38.5 Å². The van der Waals surface area contributed by atoms with Crippen molar-refractivity contribution in [1.82, 2.24) is 25.9 Å². The summed E-state index contributed by atoms with van der Waals surface area (Å²) in [5.74, 6) is -2.52. The number of carbonyl (C=O) groups excluding carboxylic acids is 3. The highest BCUT2D eigenvalue weighted by atomic mass is 32.2. The first-order valence-corrected chi connectivity index (χ1v) is 10.7. The van der Waals surface area contributed by atoms with E-state index in [-0.39, 0.29) is 25.1 Å². The van der Waals surface area contributed by atoms with E-state index in [1.54, 1.807) is 0 Å². The highest BCUT2D eigenvalue weighted by molar-refractivity contribution is 7.98. The van der Waals surface area contributed by atoms with E-state index in [0.717, 1.165) is 0 Å². The first-order valence-electron chi connectivity index (χ1n) is 8.72. The van der Waals surface area contributed by atoms with E-state index in [1.807, 2.05) is 6.26 Å². The molecule has 1 rings (SSSR count). The standard InChI is InChI=1S/C16H26N6O5S2/c1-29-3-2-10(16(26)27)21-15(25)12(7-28)22-14(24)11(20-13(23)5-17)4-9-6-18-8-19-9/h6,8,10-12,28H,2-5,7,17H2,1H3,(H,18,19)(H,20,23)(H,21,25)(H,22,24)(H,26,27). The maximum atomic E-state index is 12.7. The first kappa shape index (κ1) is 24.8. The summed E-state index contributed by atoms with van der Waals surface area (Å²) >= 11 is 5.52. The van der Waals surface area contributed by atoms with Crippen LogP contribution in [0.25, 0.3) is 0 Å². The summed E-state index contributed by atoms with van der Waals surface area (Å²) in [5.41, 5.74) is 5.89. The number of rotatable bonds is 13. The number of aromatic nitrogens is 2. The molecule has 3 atom stereocenters. The fourth-order valence-corrected chi connectivity index (χ4v) is 3.04. The van der Waals surface area contributed by atoms with Crippen molar-refractivity contribution in [1.29, 1.82) is 0 Å². The summed E-state index contributed by atoms with van der Waals surface area (Å²) in [4.78, 5) is 54.7. The molecule has 0 spiro atoms. The molecule has 0 aromatic carbocycles. The van der Waals surface area contributed by atoms with E-state index in [1.165, 1.54) is 24.3 Å². The predicted octanol–water partition coefficient (Wildman–Crippen LogP) is -1.87. The fourth-order valence-electron chi connectivity index (χ4n) is 2.31. The number of thiol groups is 1. The Morgan fingerprint density at radius 1 is 1.21 bits per heavy atom. The van der Waals surface area contributed by atoms with Crippen LogP contribution in [-0.2, 0) is 25.6 Å².